The van der Waals surface area contributed by atoms with Gasteiger partial charge in [0, 0.05) is 20.0 Å². The van der Waals surface area contributed by atoms with E-state index in [1.165, 1.54) is 0 Å². The number of nitrogens with two attached hydrogens (primary N) is 1. The number of hydrogen-bond acceptors (Lipinski definition) is 3. The highest BCUT2D eigenvalue weighted by atomic mass is 16.5. The number of rotatable bonds is 7. The molecule has 2 N–H and O–H groups in total. The topological polar surface area (TPSA) is 55.6 Å². The minimum atomic E-state index is 0.0892. The highest BCUT2D eigenvalue weighted by molar-refractivity contribution is 5.76. The Hall–Kier alpha value is -2.49. The average molecular weight is 326 g/mol. The van der Waals surface area contributed by atoms with Gasteiger partial charge in [0.1, 0.15) is 5.75 Å². The summed E-state index contributed by atoms with van der Waals surface area (Å²) in [5.41, 5.74) is 8.81. The highest BCUT2D eigenvalue weighted by Crippen LogP contribution is 2.24. The molecule has 2 rings (SSSR count). The molecule has 0 aliphatic rings. The molecule has 0 saturated carbocycles. The lowest BCUT2D eigenvalue weighted by atomic mass is 10.1. The van der Waals surface area contributed by atoms with E-state index < -0.39 is 0 Å². The number of nitrogens with zero attached hydrogens (tertiary/aromatic N) is 1. The molecule has 0 aromatic heterocycles. The third kappa shape index (κ3) is 5.30. The molecule has 0 saturated heterocycles. The normalized spacial score (nSPS) is 10.7. The number of hydrogen-bond donors (Lipinski definition) is 1. The molecule has 4 heteroatoms. The maximum absolute atomic E-state index is 12.3. The van der Waals surface area contributed by atoms with E-state index in [9.17, 15) is 4.79 Å². The minimum Gasteiger partial charge on any atom is -0.489 e. The zero-order chi connectivity index (χ0) is 17.5. The lowest BCUT2D eigenvalue weighted by Crippen LogP contribution is -2.26. The lowest BCUT2D eigenvalue weighted by molar-refractivity contribution is -0.130. The van der Waals surface area contributed by atoms with E-state index in [4.69, 9.17) is 10.5 Å². The summed E-state index contributed by atoms with van der Waals surface area (Å²) in [7, 11) is 1.84. The average Bonchev–Trinajstić information content (AvgIpc) is 2.55. The van der Waals surface area contributed by atoms with E-state index in [0.29, 0.717) is 30.8 Å². The predicted molar refractivity (Wildman–Crippen MR) is 97.9 cm³/mol. The smallest absolute Gasteiger partial charge is 0.222 e. The van der Waals surface area contributed by atoms with E-state index in [1.54, 1.807) is 4.90 Å². The second-order valence-corrected chi connectivity index (χ2v) is 6.27. The SMILES string of the molecule is CC(C)Oc1ccc(CCC(=O)N(C)Cc2ccccc2)cc1N. The summed E-state index contributed by atoms with van der Waals surface area (Å²) in [6.45, 7) is 4.56. The Bertz CT molecular complexity index is 669. The van der Waals surface area contributed by atoms with Crippen molar-refractivity contribution in [3.05, 3.63) is 59.7 Å². The first-order valence-corrected chi connectivity index (χ1v) is 8.28. The van der Waals surface area contributed by atoms with E-state index in [1.807, 2.05) is 69.4 Å². The molecule has 4 nitrogen and oxygen atoms in total. The van der Waals surface area contributed by atoms with Crippen LogP contribution in [0.5, 0.6) is 5.75 Å². The molecule has 0 atom stereocenters. The zero-order valence-electron chi connectivity index (χ0n) is 14.7. The summed E-state index contributed by atoms with van der Waals surface area (Å²) >= 11 is 0. The molecule has 0 heterocycles. The number of carbonyl (C=O) groups excluding carboxylic acids is 1. The summed E-state index contributed by atoms with van der Waals surface area (Å²) in [5.74, 6) is 0.821. The lowest BCUT2D eigenvalue weighted by Gasteiger charge is -2.17. The summed E-state index contributed by atoms with van der Waals surface area (Å²) in [6.07, 6.45) is 1.23. The van der Waals surface area contributed by atoms with Crippen molar-refractivity contribution in [1.82, 2.24) is 4.90 Å². The van der Waals surface area contributed by atoms with Gasteiger partial charge in [0.15, 0.2) is 0 Å². The van der Waals surface area contributed by atoms with Crippen LogP contribution in [0.3, 0.4) is 0 Å². The molecule has 0 unspecified atom stereocenters. The van der Waals surface area contributed by atoms with Crippen LogP contribution in [0.25, 0.3) is 0 Å². The monoisotopic (exact) mass is 326 g/mol. The molecule has 0 radical (unpaired) electrons. The Morgan fingerprint density at radius 2 is 1.83 bits per heavy atom. The number of benzene rings is 2. The van der Waals surface area contributed by atoms with E-state index in [0.717, 1.165) is 11.1 Å². The fraction of sp³-hybridized carbons (Fsp3) is 0.350. The van der Waals surface area contributed by atoms with Crippen molar-refractivity contribution in [2.45, 2.75) is 39.3 Å². The van der Waals surface area contributed by atoms with E-state index >= 15 is 0 Å². The van der Waals surface area contributed by atoms with Crippen molar-refractivity contribution >= 4 is 11.6 Å². The van der Waals surface area contributed by atoms with Gasteiger partial charge in [-0.25, -0.2) is 0 Å². The molecule has 2 aromatic rings. The van der Waals surface area contributed by atoms with Crippen LogP contribution in [0.15, 0.2) is 48.5 Å². The largest absolute Gasteiger partial charge is 0.489 e. The quantitative estimate of drug-likeness (QED) is 0.790. The Balaban J connectivity index is 1.88. The standard InChI is InChI=1S/C20H26N2O2/c1-15(2)24-19-11-9-16(13-18(19)21)10-12-20(23)22(3)14-17-7-5-4-6-8-17/h4-9,11,13,15H,10,12,14,21H2,1-3H3. The van der Waals surface area contributed by atoms with Gasteiger partial charge < -0.3 is 15.4 Å². The molecule has 24 heavy (non-hydrogen) atoms. The van der Waals surface area contributed by atoms with Gasteiger partial charge in [0.25, 0.3) is 0 Å². The van der Waals surface area contributed by atoms with Crippen LogP contribution in [0.2, 0.25) is 0 Å². The maximum Gasteiger partial charge on any atom is 0.222 e. The fourth-order valence-electron chi connectivity index (χ4n) is 2.50. The molecular weight excluding hydrogens is 300 g/mol. The minimum absolute atomic E-state index is 0.0892. The number of amides is 1. The number of aryl methyl sites for hydroxylation is 1. The van der Waals surface area contributed by atoms with Crippen LogP contribution in [0.1, 0.15) is 31.4 Å². The predicted octanol–water partition coefficient (Wildman–Crippen LogP) is 3.65. The number of carbonyl (C=O) groups is 1. The van der Waals surface area contributed by atoms with Crippen LogP contribution in [-0.2, 0) is 17.8 Å². The summed E-state index contributed by atoms with van der Waals surface area (Å²) in [5, 5.41) is 0. The Morgan fingerprint density at radius 3 is 2.46 bits per heavy atom. The van der Waals surface area contributed by atoms with Crippen LogP contribution in [-0.4, -0.2) is 24.0 Å². The van der Waals surface area contributed by atoms with Crippen molar-refractivity contribution in [1.29, 1.82) is 0 Å². The van der Waals surface area contributed by atoms with Crippen molar-refractivity contribution in [2.75, 3.05) is 12.8 Å². The second-order valence-electron chi connectivity index (χ2n) is 6.27. The number of ether oxygens (including phenoxy) is 1. The first kappa shape index (κ1) is 17.9. The van der Waals surface area contributed by atoms with Gasteiger partial charge in [-0.15, -0.1) is 0 Å². The van der Waals surface area contributed by atoms with E-state index in [2.05, 4.69) is 0 Å². The van der Waals surface area contributed by atoms with Gasteiger partial charge in [-0.2, -0.15) is 0 Å². The third-order valence-electron chi connectivity index (χ3n) is 3.75. The molecule has 0 bridgehead atoms. The first-order valence-electron chi connectivity index (χ1n) is 8.28. The van der Waals surface area contributed by atoms with Gasteiger partial charge in [-0.3, -0.25) is 4.79 Å². The molecular formula is C20H26N2O2. The van der Waals surface area contributed by atoms with Crippen molar-refractivity contribution in [2.24, 2.45) is 0 Å². The zero-order valence-corrected chi connectivity index (χ0v) is 14.7. The van der Waals surface area contributed by atoms with Gasteiger partial charge >= 0.3 is 0 Å². The van der Waals surface area contributed by atoms with Gasteiger partial charge in [-0.1, -0.05) is 36.4 Å². The molecule has 2 aromatic carbocycles. The Labute approximate surface area is 144 Å². The van der Waals surface area contributed by atoms with E-state index in [-0.39, 0.29) is 12.0 Å². The molecule has 0 fully saturated rings. The van der Waals surface area contributed by atoms with Gasteiger partial charge in [0.2, 0.25) is 5.91 Å². The maximum atomic E-state index is 12.3. The Morgan fingerprint density at radius 1 is 1.12 bits per heavy atom. The van der Waals surface area contributed by atoms with Crippen molar-refractivity contribution in [3.63, 3.8) is 0 Å². The third-order valence-corrected chi connectivity index (χ3v) is 3.75. The van der Waals surface area contributed by atoms with Crippen LogP contribution >= 0.6 is 0 Å². The van der Waals surface area contributed by atoms with Gasteiger partial charge in [-0.05, 0) is 43.5 Å². The summed E-state index contributed by atoms with van der Waals surface area (Å²) < 4.78 is 5.63. The summed E-state index contributed by atoms with van der Waals surface area (Å²) in [6, 6.07) is 15.7. The van der Waals surface area contributed by atoms with Crippen LogP contribution < -0.4 is 10.5 Å². The Kier molecular flexibility index (Phi) is 6.24. The molecule has 1 amide bonds. The number of anilines is 1. The van der Waals surface area contributed by atoms with Crippen LogP contribution in [0, 0.1) is 0 Å². The molecule has 128 valence electrons. The molecule has 0 aliphatic carbocycles. The second kappa shape index (κ2) is 8.39. The van der Waals surface area contributed by atoms with Crippen molar-refractivity contribution < 1.29 is 9.53 Å². The number of nitrogen functional groups attached to an aromatic ring is 1. The molecule has 0 aliphatic heterocycles. The highest BCUT2D eigenvalue weighted by Gasteiger charge is 2.10. The van der Waals surface area contributed by atoms with Crippen molar-refractivity contribution in [3.8, 4) is 5.75 Å². The molecule has 0 spiro atoms. The first-order chi connectivity index (χ1) is 11.5. The fourth-order valence-corrected chi connectivity index (χ4v) is 2.50. The van der Waals surface area contributed by atoms with Gasteiger partial charge in [0.05, 0.1) is 11.8 Å². The van der Waals surface area contributed by atoms with Crippen LogP contribution in [0.4, 0.5) is 5.69 Å². The summed E-state index contributed by atoms with van der Waals surface area (Å²) in [4.78, 5) is 14.0.